The molecule has 1 N–H and O–H groups in total. The molecule has 3 aromatic rings. The van der Waals surface area contributed by atoms with Crippen molar-refractivity contribution in [2.45, 2.75) is 25.3 Å². The normalized spacial score (nSPS) is 19.3. The maximum absolute atomic E-state index is 13.3. The molecule has 0 radical (unpaired) electrons. The third kappa shape index (κ3) is 3.62. The number of hydrogen-bond acceptors (Lipinski definition) is 4. The van der Waals surface area contributed by atoms with Crippen molar-refractivity contribution in [3.63, 3.8) is 0 Å². The molecule has 31 heavy (non-hydrogen) atoms. The number of aryl methyl sites for hydroxylation is 1. The fourth-order valence-corrected chi connectivity index (χ4v) is 4.89. The van der Waals surface area contributed by atoms with Crippen LogP contribution in [0, 0.1) is 5.92 Å². The van der Waals surface area contributed by atoms with Crippen molar-refractivity contribution in [1.82, 2.24) is 29.5 Å². The summed E-state index contributed by atoms with van der Waals surface area (Å²) in [7, 11) is 1.82. The number of piperidine rings is 1. The Labute approximate surface area is 180 Å². The minimum absolute atomic E-state index is 0.00505. The molecule has 1 unspecified atom stereocenters. The van der Waals surface area contributed by atoms with Gasteiger partial charge in [-0.05, 0) is 30.9 Å². The van der Waals surface area contributed by atoms with E-state index in [1.165, 1.54) is 0 Å². The number of fused-ring (bicyclic) bond motifs is 1. The molecule has 0 aliphatic carbocycles. The molecule has 2 aliphatic heterocycles. The highest BCUT2D eigenvalue weighted by molar-refractivity contribution is 5.94. The SMILES string of the molecule is Cn1cc(C(=O)N2CCc3[nH]cnc3C2C2CCN(C(=O)c3ccccc3)CC2)cn1. The van der Waals surface area contributed by atoms with Crippen molar-refractivity contribution in [3.05, 3.63) is 71.6 Å². The van der Waals surface area contributed by atoms with Gasteiger partial charge in [0.05, 0.1) is 29.8 Å². The molecular weight excluding hydrogens is 392 g/mol. The van der Waals surface area contributed by atoms with Gasteiger partial charge in [-0.2, -0.15) is 5.10 Å². The van der Waals surface area contributed by atoms with Gasteiger partial charge >= 0.3 is 0 Å². The van der Waals surface area contributed by atoms with E-state index in [1.54, 1.807) is 23.4 Å². The zero-order chi connectivity index (χ0) is 21.4. The van der Waals surface area contributed by atoms with Crippen LogP contribution in [0.4, 0.5) is 0 Å². The topological polar surface area (TPSA) is 87.1 Å². The summed E-state index contributed by atoms with van der Waals surface area (Å²) in [5, 5.41) is 4.17. The van der Waals surface area contributed by atoms with Gasteiger partial charge < -0.3 is 14.8 Å². The second-order valence-electron chi connectivity index (χ2n) is 8.36. The second kappa shape index (κ2) is 8.02. The number of nitrogens with zero attached hydrogens (tertiary/aromatic N) is 5. The van der Waals surface area contributed by atoms with Crippen LogP contribution in [0.1, 0.15) is 51.0 Å². The lowest BCUT2D eigenvalue weighted by atomic mass is 9.83. The minimum Gasteiger partial charge on any atom is -0.348 e. The maximum atomic E-state index is 13.3. The van der Waals surface area contributed by atoms with Crippen molar-refractivity contribution in [2.24, 2.45) is 13.0 Å². The van der Waals surface area contributed by atoms with Crippen molar-refractivity contribution < 1.29 is 9.59 Å². The number of H-pyrrole nitrogens is 1. The highest BCUT2D eigenvalue weighted by Gasteiger charge is 2.40. The van der Waals surface area contributed by atoms with Gasteiger partial charge in [0.15, 0.2) is 0 Å². The molecular formula is C23H26N6O2. The third-order valence-corrected chi connectivity index (χ3v) is 6.48. The van der Waals surface area contributed by atoms with Gasteiger partial charge in [-0.1, -0.05) is 18.2 Å². The van der Waals surface area contributed by atoms with E-state index in [2.05, 4.69) is 15.1 Å². The van der Waals surface area contributed by atoms with Gasteiger partial charge in [0, 0.05) is 50.6 Å². The summed E-state index contributed by atoms with van der Waals surface area (Å²) in [6, 6.07) is 9.34. The molecule has 0 spiro atoms. The average Bonchev–Trinajstić information content (AvgIpc) is 3.47. The van der Waals surface area contributed by atoms with Gasteiger partial charge in [0.2, 0.25) is 0 Å². The summed E-state index contributed by atoms with van der Waals surface area (Å²) in [6.45, 7) is 2.02. The van der Waals surface area contributed by atoms with Crippen molar-refractivity contribution in [3.8, 4) is 0 Å². The Bertz CT molecular complexity index is 1080. The van der Waals surface area contributed by atoms with Crippen molar-refractivity contribution in [1.29, 1.82) is 0 Å². The Hall–Kier alpha value is -3.42. The smallest absolute Gasteiger partial charge is 0.257 e. The summed E-state index contributed by atoms with van der Waals surface area (Å²) in [6.07, 6.45) is 7.56. The minimum atomic E-state index is -0.0864. The highest BCUT2D eigenvalue weighted by Crippen LogP contribution is 2.39. The van der Waals surface area contributed by atoms with Crippen LogP contribution >= 0.6 is 0 Å². The van der Waals surface area contributed by atoms with E-state index in [1.807, 2.05) is 47.2 Å². The summed E-state index contributed by atoms with van der Waals surface area (Å²) in [4.78, 5) is 37.9. The van der Waals surface area contributed by atoms with E-state index in [0.717, 1.165) is 36.2 Å². The molecule has 2 aromatic heterocycles. The number of rotatable bonds is 3. The maximum Gasteiger partial charge on any atom is 0.257 e. The Balaban J connectivity index is 1.36. The van der Waals surface area contributed by atoms with Crippen LogP contribution in [0.25, 0.3) is 0 Å². The van der Waals surface area contributed by atoms with Crippen molar-refractivity contribution >= 4 is 11.8 Å². The third-order valence-electron chi connectivity index (χ3n) is 6.48. The number of carbonyl (C=O) groups is 2. The lowest BCUT2D eigenvalue weighted by molar-refractivity contribution is 0.0432. The lowest BCUT2D eigenvalue weighted by Crippen LogP contribution is -2.47. The Kier molecular flexibility index (Phi) is 5.05. The van der Waals surface area contributed by atoms with Crippen LogP contribution in [0.15, 0.2) is 49.1 Å². The van der Waals surface area contributed by atoms with E-state index >= 15 is 0 Å². The van der Waals surface area contributed by atoms with E-state index in [9.17, 15) is 9.59 Å². The van der Waals surface area contributed by atoms with Crippen LogP contribution in [-0.4, -0.2) is 61.0 Å². The Morgan fingerprint density at radius 2 is 1.81 bits per heavy atom. The molecule has 1 fully saturated rings. The molecule has 1 saturated heterocycles. The molecule has 8 nitrogen and oxygen atoms in total. The Morgan fingerprint density at radius 3 is 2.52 bits per heavy atom. The number of likely N-dealkylation sites (tertiary alicyclic amines) is 1. The fraction of sp³-hybridized carbons (Fsp3) is 0.391. The number of nitrogens with one attached hydrogen (secondary N) is 1. The highest BCUT2D eigenvalue weighted by atomic mass is 16.2. The molecule has 1 atom stereocenters. The van der Waals surface area contributed by atoms with Gasteiger partial charge in [-0.3, -0.25) is 14.3 Å². The van der Waals surface area contributed by atoms with Crippen LogP contribution in [0.5, 0.6) is 0 Å². The quantitative estimate of drug-likeness (QED) is 0.708. The van der Waals surface area contributed by atoms with E-state index in [0.29, 0.717) is 25.2 Å². The van der Waals surface area contributed by atoms with Crippen molar-refractivity contribution in [2.75, 3.05) is 19.6 Å². The molecule has 5 rings (SSSR count). The van der Waals surface area contributed by atoms with E-state index < -0.39 is 0 Å². The predicted molar refractivity (Wildman–Crippen MR) is 114 cm³/mol. The summed E-state index contributed by atoms with van der Waals surface area (Å²) < 4.78 is 1.65. The van der Waals surface area contributed by atoms with Crippen LogP contribution in [-0.2, 0) is 13.5 Å². The summed E-state index contributed by atoms with van der Waals surface area (Å²) >= 11 is 0. The van der Waals surface area contributed by atoms with Crippen LogP contribution < -0.4 is 0 Å². The molecule has 1 aromatic carbocycles. The Morgan fingerprint density at radius 1 is 1.03 bits per heavy atom. The van der Waals surface area contributed by atoms with Gasteiger partial charge in [-0.15, -0.1) is 0 Å². The first-order valence-corrected chi connectivity index (χ1v) is 10.8. The molecule has 0 saturated carbocycles. The molecule has 2 amide bonds. The number of carbonyl (C=O) groups excluding carboxylic acids is 2. The van der Waals surface area contributed by atoms with E-state index in [4.69, 9.17) is 0 Å². The standard InChI is InChI=1S/C23H26N6O2/c1-27-14-18(13-26-27)23(31)29-12-9-19-20(25-15-24-19)21(29)16-7-10-28(11-8-16)22(30)17-5-3-2-4-6-17/h2-6,13-16,21H,7-12H2,1H3,(H,24,25). The molecule has 2 aliphatic rings. The number of aromatic amines is 1. The number of aromatic nitrogens is 4. The molecule has 160 valence electrons. The number of hydrogen-bond donors (Lipinski definition) is 1. The van der Waals surface area contributed by atoms with Crippen LogP contribution in [0.3, 0.4) is 0 Å². The average molecular weight is 419 g/mol. The van der Waals surface area contributed by atoms with Gasteiger partial charge in [0.1, 0.15) is 0 Å². The number of amides is 2. The first-order valence-electron chi connectivity index (χ1n) is 10.8. The van der Waals surface area contributed by atoms with Gasteiger partial charge in [0.25, 0.3) is 11.8 Å². The molecule has 8 heteroatoms. The number of benzene rings is 1. The van der Waals surface area contributed by atoms with Gasteiger partial charge in [-0.25, -0.2) is 4.98 Å². The predicted octanol–water partition coefficient (Wildman–Crippen LogP) is 2.44. The second-order valence-corrected chi connectivity index (χ2v) is 8.36. The lowest BCUT2D eigenvalue weighted by Gasteiger charge is -2.42. The summed E-state index contributed by atoms with van der Waals surface area (Å²) in [5.41, 5.74) is 3.41. The van der Waals surface area contributed by atoms with E-state index in [-0.39, 0.29) is 23.8 Å². The largest absolute Gasteiger partial charge is 0.348 e. The molecule has 0 bridgehead atoms. The zero-order valence-corrected chi connectivity index (χ0v) is 17.6. The monoisotopic (exact) mass is 418 g/mol. The number of imidazole rings is 1. The fourth-order valence-electron chi connectivity index (χ4n) is 4.89. The zero-order valence-electron chi connectivity index (χ0n) is 17.6. The molecule has 4 heterocycles. The first kappa shape index (κ1) is 19.5. The van der Waals surface area contributed by atoms with Crippen LogP contribution in [0.2, 0.25) is 0 Å². The summed E-state index contributed by atoms with van der Waals surface area (Å²) in [5.74, 6) is 0.323. The first-order chi connectivity index (χ1) is 15.1.